The van der Waals surface area contributed by atoms with Gasteiger partial charge in [0.15, 0.2) is 0 Å². The van der Waals surface area contributed by atoms with E-state index in [1.807, 2.05) is 0 Å². The maximum atomic E-state index is 12.4. The van der Waals surface area contributed by atoms with Crippen LogP contribution in [0.4, 0.5) is 0 Å². The maximum absolute atomic E-state index is 12.4. The Morgan fingerprint density at radius 2 is 1.85 bits per heavy atom. The Labute approximate surface area is 160 Å². The third-order valence-electron chi connectivity index (χ3n) is 4.01. The molecule has 5 N–H and O–H groups in total. The van der Waals surface area contributed by atoms with Crippen LogP contribution in [-0.2, 0) is 15.6 Å². The molecule has 9 heteroatoms. The Bertz CT molecular complexity index is 751. The molecule has 1 rings (SSSR count). The SMILES string of the molecule is CS(=O)C(C)(C)[C@H](NC(=O)c1ccc(C#CCC(O)CO)cc1)C(=O)NO. The fourth-order valence-electron chi connectivity index (χ4n) is 2.04. The highest BCUT2D eigenvalue weighted by atomic mass is 32.2. The number of carbonyl (C=O) groups is 2. The molecule has 0 aliphatic heterocycles. The first-order valence-corrected chi connectivity index (χ1v) is 9.65. The van der Waals surface area contributed by atoms with E-state index in [4.69, 9.17) is 10.3 Å². The van der Waals surface area contributed by atoms with Crippen molar-refractivity contribution in [1.29, 1.82) is 0 Å². The Morgan fingerprint density at radius 3 is 2.33 bits per heavy atom. The van der Waals surface area contributed by atoms with Crippen LogP contribution in [0.25, 0.3) is 0 Å². The third-order valence-corrected chi connectivity index (χ3v) is 5.73. The van der Waals surface area contributed by atoms with Gasteiger partial charge in [0.25, 0.3) is 11.8 Å². The van der Waals surface area contributed by atoms with Crippen molar-refractivity contribution >= 4 is 22.6 Å². The molecule has 0 fully saturated rings. The van der Waals surface area contributed by atoms with Gasteiger partial charge >= 0.3 is 0 Å². The van der Waals surface area contributed by atoms with Crippen LogP contribution in [0.3, 0.4) is 0 Å². The van der Waals surface area contributed by atoms with E-state index in [2.05, 4.69) is 17.2 Å². The number of hydrogen-bond acceptors (Lipinski definition) is 6. The van der Waals surface area contributed by atoms with Crippen molar-refractivity contribution in [3.63, 3.8) is 0 Å². The number of hydrogen-bond donors (Lipinski definition) is 5. The highest BCUT2D eigenvalue weighted by Crippen LogP contribution is 2.18. The van der Waals surface area contributed by atoms with E-state index in [1.54, 1.807) is 26.0 Å². The van der Waals surface area contributed by atoms with E-state index < -0.39 is 39.5 Å². The largest absolute Gasteiger partial charge is 0.394 e. The van der Waals surface area contributed by atoms with Crippen LogP contribution in [0, 0.1) is 11.8 Å². The smallest absolute Gasteiger partial charge is 0.267 e. The second-order valence-corrected chi connectivity index (χ2v) is 8.32. The molecule has 27 heavy (non-hydrogen) atoms. The zero-order valence-corrected chi connectivity index (χ0v) is 16.2. The lowest BCUT2D eigenvalue weighted by molar-refractivity contribution is -0.131. The standard InChI is InChI=1S/C18H24N2O6S/c1-18(2,27(3)26)15(17(24)20-25)19-16(23)13-9-7-12(8-10-13)5-4-6-14(22)11-21/h7-10,14-15,21-22,25H,6,11H2,1-3H3,(H,19,23)(H,20,24)/t14?,15-,27?/m1/s1. The van der Waals surface area contributed by atoms with Gasteiger partial charge in [0, 0.05) is 34.6 Å². The average molecular weight is 396 g/mol. The lowest BCUT2D eigenvalue weighted by Crippen LogP contribution is -2.58. The Balaban J connectivity index is 2.91. The minimum Gasteiger partial charge on any atom is -0.394 e. The van der Waals surface area contributed by atoms with Gasteiger partial charge in [-0.1, -0.05) is 11.8 Å². The number of rotatable bonds is 7. The first kappa shape index (κ1) is 22.8. The number of aliphatic hydroxyl groups is 2. The fourth-order valence-corrected chi connectivity index (χ4v) is 2.54. The summed E-state index contributed by atoms with van der Waals surface area (Å²) in [5.41, 5.74) is 2.35. The van der Waals surface area contributed by atoms with Crippen LogP contribution in [0.2, 0.25) is 0 Å². The number of nitrogens with one attached hydrogen (secondary N) is 2. The van der Waals surface area contributed by atoms with E-state index in [0.29, 0.717) is 5.56 Å². The van der Waals surface area contributed by atoms with E-state index in [9.17, 15) is 18.9 Å². The van der Waals surface area contributed by atoms with Gasteiger partial charge in [-0.15, -0.1) is 0 Å². The summed E-state index contributed by atoms with van der Waals surface area (Å²) >= 11 is 0. The van der Waals surface area contributed by atoms with E-state index in [-0.39, 0.29) is 18.6 Å². The van der Waals surface area contributed by atoms with Gasteiger partial charge in [-0.25, -0.2) is 5.48 Å². The molecular formula is C18H24N2O6S. The minimum atomic E-state index is -1.46. The number of benzene rings is 1. The van der Waals surface area contributed by atoms with E-state index >= 15 is 0 Å². The molecule has 148 valence electrons. The van der Waals surface area contributed by atoms with Gasteiger partial charge in [-0.05, 0) is 38.1 Å². The van der Waals surface area contributed by atoms with Crippen molar-refractivity contribution in [3.8, 4) is 11.8 Å². The van der Waals surface area contributed by atoms with Gasteiger partial charge in [-0.3, -0.25) is 19.0 Å². The quantitative estimate of drug-likeness (QED) is 0.240. The molecule has 0 radical (unpaired) electrons. The molecule has 0 bridgehead atoms. The van der Waals surface area contributed by atoms with E-state index in [1.165, 1.54) is 23.9 Å². The van der Waals surface area contributed by atoms with Crippen LogP contribution in [0.15, 0.2) is 24.3 Å². The summed E-state index contributed by atoms with van der Waals surface area (Å²) in [5, 5.41) is 29.4. The van der Waals surface area contributed by atoms with Crippen molar-refractivity contribution in [2.75, 3.05) is 12.9 Å². The summed E-state index contributed by atoms with van der Waals surface area (Å²) in [6, 6.07) is 4.99. The summed E-state index contributed by atoms with van der Waals surface area (Å²) in [6.45, 7) is 2.72. The van der Waals surface area contributed by atoms with Gasteiger partial charge in [0.05, 0.1) is 17.5 Å². The highest BCUT2D eigenvalue weighted by molar-refractivity contribution is 7.85. The first-order valence-electron chi connectivity index (χ1n) is 8.09. The van der Waals surface area contributed by atoms with Crippen molar-refractivity contribution in [2.45, 2.75) is 37.2 Å². The second kappa shape index (κ2) is 10.2. The molecule has 0 heterocycles. The van der Waals surface area contributed by atoms with Gasteiger partial charge < -0.3 is 15.5 Å². The zero-order valence-electron chi connectivity index (χ0n) is 15.4. The Hall–Kier alpha value is -2.25. The molecule has 2 unspecified atom stereocenters. The average Bonchev–Trinajstić information content (AvgIpc) is 2.65. The molecule has 2 amide bonds. The number of aliphatic hydroxyl groups excluding tert-OH is 2. The summed E-state index contributed by atoms with van der Waals surface area (Å²) in [4.78, 5) is 24.3. The summed E-state index contributed by atoms with van der Waals surface area (Å²) in [5.74, 6) is 4.07. The molecule has 0 aromatic heterocycles. The molecular weight excluding hydrogens is 372 g/mol. The Kier molecular flexibility index (Phi) is 8.59. The van der Waals surface area contributed by atoms with E-state index in [0.717, 1.165) is 0 Å². The van der Waals surface area contributed by atoms with Crippen LogP contribution in [-0.4, -0.2) is 61.2 Å². The number of carbonyl (C=O) groups excluding carboxylic acids is 2. The van der Waals surface area contributed by atoms with Crippen molar-refractivity contribution < 1.29 is 29.2 Å². The van der Waals surface area contributed by atoms with Gasteiger partial charge in [-0.2, -0.15) is 0 Å². The predicted molar refractivity (Wildman–Crippen MR) is 100 cm³/mol. The van der Waals surface area contributed by atoms with Crippen molar-refractivity contribution in [1.82, 2.24) is 10.8 Å². The molecule has 0 spiro atoms. The van der Waals surface area contributed by atoms with Crippen molar-refractivity contribution in [3.05, 3.63) is 35.4 Å². The van der Waals surface area contributed by atoms with Crippen molar-refractivity contribution in [2.24, 2.45) is 0 Å². The third kappa shape index (κ3) is 6.45. The molecule has 0 saturated carbocycles. The number of amides is 2. The van der Waals surface area contributed by atoms with Gasteiger partial charge in [0.1, 0.15) is 6.04 Å². The van der Waals surface area contributed by atoms with Crippen LogP contribution < -0.4 is 10.8 Å². The molecule has 0 saturated heterocycles. The molecule has 3 atom stereocenters. The lowest BCUT2D eigenvalue weighted by Gasteiger charge is -2.31. The summed E-state index contributed by atoms with van der Waals surface area (Å²) in [7, 11) is -1.46. The maximum Gasteiger partial charge on any atom is 0.267 e. The fraction of sp³-hybridized carbons (Fsp3) is 0.444. The predicted octanol–water partition coefficient (Wildman–Crippen LogP) is -0.458. The highest BCUT2D eigenvalue weighted by Gasteiger charge is 2.39. The van der Waals surface area contributed by atoms with Gasteiger partial charge in [0.2, 0.25) is 0 Å². The van der Waals surface area contributed by atoms with Crippen LogP contribution >= 0.6 is 0 Å². The zero-order chi connectivity index (χ0) is 20.6. The normalized spacial score (nSPS) is 14.3. The summed E-state index contributed by atoms with van der Waals surface area (Å²) in [6.07, 6.45) is 0.634. The molecule has 0 aliphatic carbocycles. The van der Waals surface area contributed by atoms with Crippen LogP contribution in [0.5, 0.6) is 0 Å². The molecule has 1 aromatic rings. The van der Waals surface area contributed by atoms with Crippen LogP contribution in [0.1, 0.15) is 36.2 Å². The molecule has 0 aliphatic rings. The Morgan fingerprint density at radius 1 is 1.26 bits per heavy atom. The molecule has 8 nitrogen and oxygen atoms in total. The topological polar surface area (TPSA) is 136 Å². The second-order valence-electron chi connectivity index (χ2n) is 6.36. The number of hydroxylamine groups is 1. The summed E-state index contributed by atoms with van der Waals surface area (Å²) < 4.78 is 10.8. The lowest BCUT2D eigenvalue weighted by atomic mass is 10.0. The molecule has 1 aromatic carbocycles. The monoisotopic (exact) mass is 396 g/mol. The minimum absolute atomic E-state index is 0.125. The first-order chi connectivity index (χ1) is 12.6.